The maximum atomic E-state index is 12.8. The van der Waals surface area contributed by atoms with Crippen molar-refractivity contribution in [2.24, 2.45) is 0 Å². The maximum Gasteiger partial charge on any atom is 0.405 e. The fourth-order valence-electron chi connectivity index (χ4n) is 2.79. The largest absolute Gasteiger partial charge is 0.405 e. The number of hydrogen-bond acceptors (Lipinski definition) is 5. The van der Waals surface area contributed by atoms with Crippen molar-refractivity contribution in [3.63, 3.8) is 0 Å². The van der Waals surface area contributed by atoms with Gasteiger partial charge in [-0.15, -0.1) is 0 Å². The predicted molar refractivity (Wildman–Crippen MR) is 94.8 cm³/mol. The smallest absolute Gasteiger partial charge is 0.376 e. The molecule has 0 aliphatic carbocycles. The summed E-state index contributed by atoms with van der Waals surface area (Å²) in [5.74, 6) is -1.05. The van der Waals surface area contributed by atoms with Crippen LogP contribution in [0.5, 0.6) is 0 Å². The van der Waals surface area contributed by atoms with Crippen molar-refractivity contribution in [3.05, 3.63) is 34.6 Å². The highest BCUT2D eigenvalue weighted by molar-refractivity contribution is 7.99. The predicted octanol–water partition coefficient (Wildman–Crippen LogP) is 2.35. The van der Waals surface area contributed by atoms with E-state index in [1.807, 2.05) is 5.32 Å². The fourth-order valence-corrected chi connectivity index (χ4v) is 3.63. The van der Waals surface area contributed by atoms with Gasteiger partial charge in [-0.25, -0.2) is 4.98 Å². The van der Waals surface area contributed by atoms with E-state index in [4.69, 9.17) is 4.74 Å². The third-order valence-corrected chi connectivity index (χ3v) is 5.03. The van der Waals surface area contributed by atoms with E-state index in [1.165, 1.54) is 4.57 Å². The van der Waals surface area contributed by atoms with E-state index in [2.05, 4.69) is 4.98 Å². The van der Waals surface area contributed by atoms with Crippen LogP contribution in [0, 0.1) is 0 Å². The van der Waals surface area contributed by atoms with E-state index in [0.29, 0.717) is 24.1 Å². The molecule has 2 aromatic rings. The number of carbonyl (C=O) groups excluding carboxylic acids is 1. The Hall–Kier alpha value is -2.07. The number of hydrogen-bond donors (Lipinski definition) is 1. The van der Waals surface area contributed by atoms with E-state index >= 15 is 0 Å². The van der Waals surface area contributed by atoms with Crippen LogP contribution in [-0.4, -0.2) is 46.6 Å². The molecule has 1 aliphatic heterocycles. The van der Waals surface area contributed by atoms with Gasteiger partial charge in [0, 0.05) is 6.61 Å². The number of fused-ring (bicyclic) bond motifs is 1. The summed E-state index contributed by atoms with van der Waals surface area (Å²) in [7, 11) is 0. The number of ether oxygens (including phenoxy) is 1. The van der Waals surface area contributed by atoms with Crippen LogP contribution < -0.4 is 10.9 Å². The van der Waals surface area contributed by atoms with Crippen LogP contribution in [0.2, 0.25) is 0 Å². The van der Waals surface area contributed by atoms with Gasteiger partial charge >= 0.3 is 6.18 Å². The zero-order valence-corrected chi connectivity index (χ0v) is 15.1. The number of nitrogens with zero attached hydrogens (tertiary/aromatic N) is 2. The SMILES string of the molecule is O=C(CSc1nc2ccccc2c(=O)n1C[C@@H]1CCCO1)NCC(F)(F)F. The lowest BCUT2D eigenvalue weighted by molar-refractivity contribution is -0.136. The van der Waals surface area contributed by atoms with Crippen molar-refractivity contribution in [2.75, 3.05) is 18.9 Å². The van der Waals surface area contributed by atoms with Crippen LogP contribution in [0.15, 0.2) is 34.2 Å². The van der Waals surface area contributed by atoms with Gasteiger partial charge in [0.05, 0.1) is 29.3 Å². The average molecular weight is 401 g/mol. The Labute approximate surface area is 157 Å². The van der Waals surface area contributed by atoms with Gasteiger partial charge in [-0.05, 0) is 25.0 Å². The van der Waals surface area contributed by atoms with Crippen molar-refractivity contribution in [3.8, 4) is 0 Å². The van der Waals surface area contributed by atoms with E-state index in [9.17, 15) is 22.8 Å². The molecule has 146 valence electrons. The molecule has 27 heavy (non-hydrogen) atoms. The molecule has 2 heterocycles. The standard InChI is InChI=1S/C17H18F3N3O3S/c18-17(19,20)10-21-14(24)9-27-16-22-13-6-2-1-5-12(13)15(25)23(16)8-11-4-3-7-26-11/h1-2,5-6,11H,3-4,7-10H2,(H,21,24)/t11-/m0/s1. The topological polar surface area (TPSA) is 73.2 Å². The van der Waals surface area contributed by atoms with Crippen LogP contribution in [0.1, 0.15) is 12.8 Å². The summed E-state index contributed by atoms with van der Waals surface area (Å²) in [6.45, 7) is -0.466. The molecule has 1 amide bonds. The van der Waals surface area contributed by atoms with Gasteiger partial charge < -0.3 is 10.1 Å². The summed E-state index contributed by atoms with van der Waals surface area (Å²) >= 11 is 0.935. The van der Waals surface area contributed by atoms with Crippen molar-refractivity contribution < 1.29 is 22.7 Å². The lowest BCUT2D eigenvalue weighted by Gasteiger charge is -2.16. The van der Waals surface area contributed by atoms with Gasteiger partial charge in [0.15, 0.2) is 5.16 Å². The zero-order valence-electron chi connectivity index (χ0n) is 14.3. The second-order valence-electron chi connectivity index (χ2n) is 6.14. The maximum absolute atomic E-state index is 12.8. The molecule has 0 spiro atoms. The van der Waals surface area contributed by atoms with Gasteiger partial charge in [-0.2, -0.15) is 13.2 Å². The molecule has 1 saturated heterocycles. The minimum absolute atomic E-state index is 0.121. The molecule has 1 aliphatic rings. The molecule has 1 atom stereocenters. The van der Waals surface area contributed by atoms with Crippen molar-refractivity contribution >= 4 is 28.6 Å². The highest BCUT2D eigenvalue weighted by Crippen LogP contribution is 2.21. The second kappa shape index (κ2) is 8.30. The number of aromatic nitrogens is 2. The van der Waals surface area contributed by atoms with E-state index in [0.717, 1.165) is 24.6 Å². The molecular formula is C17H18F3N3O3S. The number of benzene rings is 1. The van der Waals surface area contributed by atoms with Crippen LogP contribution in [0.25, 0.3) is 10.9 Å². The molecule has 1 fully saturated rings. The van der Waals surface area contributed by atoms with Gasteiger partial charge in [0.1, 0.15) is 6.54 Å². The van der Waals surface area contributed by atoms with Gasteiger partial charge in [0.2, 0.25) is 5.91 Å². The Kier molecular flexibility index (Phi) is 6.05. The number of rotatable bonds is 6. The molecule has 1 N–H and O–H groups in total. The zero-order chi connectivity index (χ0) is 19.4. The number of nitrogens with one attached hydrogen (secondary N) is 1. The molecule has 1 aromatic heterocycles. The molecule has 6 nitrogen and oxygen atoms in total. The summed E-state index contributed by atoms with van der Waals surface area (Å²) in [5, 5.41) is 2.55. The molecule has 0 saturated carbocycles. The van der Waals surface area contributed by atoms with Crippen molar-refractivity contribution in [1.29, 1.82) is 0 Å². The first-order chi connectivity index (χ1) is 12.8. The van der Waals surface area contributed by atoms with Crippen LogP contribution in [-0.2, 0) is 16.1 Å². The Morgan fingerprint density at radius 1 is 1.37 bits per heavy atom. The summed E-state index contributed by atoms with van der Waals surface area (Å²) in [6.07, 6.45) is -2.87. The average Bonchev–Trinajstić information content (AvgIpc) is 3.13. The van der Waals surface area contributed by atoms with Gasteiger partial charge in [0.25, 0.3) is 5.56 Å². The lowest BCUT2D eigenvalue weighted by atomic mass is 10.2. The van der Waals surface area contributed by atoms with Crippen molar-refractivity contribution in [1.82, 2.24) is 14.9 Å². The number of halogens is 3. The number of para-hydroxylation sites is 1. The van der Waals surface area contributed by atoms with Gasteiger partial charge in [-0.1, -0.05) is 23.9 Å². The molecule has 3 rings (SSSR count). The molecule has 0 unspecified atom stereocenters. The number of thioether (sulfide) groups is 1. The van der Waals surface area contributed by atoms with E-state index < -0.39 is 18.6 Å². The summed E-state index contributed by atoms with van der Waals surface area (Å²) in [6, 6.07) is 6.82. The van der Waals surface area contributed by atoms with E-state index in [-0.39, 0.29) is 22.6 Å². The quantitative estimate of drug-likeness (QED) is 0.594. The molecule has 1 aromatic carbocycles. The lowest BCUT2D eigenvalue weighted by Crippen LogP contribution is -2.35. The third kappa shape index (κ3) is 5.23. The number of alkyl halides is 3. The third-order valence-electron chi connectivity index (χ3n) is 4.06. The normalized spacial score (nSPS) is 17.4. The summed E-state index contributed by atoms with van der Waals surface area (Å²) < 4.78 is 43.6. The first-order valence-electron chi connectivity index (χ1n) is 8.41. The second-order valence-corrected chi connectivity index (χ2v) is 7.09. The molecule has 0 radical (unpaired) electrons. The summed E-state index contributed by atoms with van der Waals surface area (Å²) in [5.41, 5.74) is 0.221. The summed E-state index contributed by atoms with van der Waals surface area (Å²) in [4.78, 5) is 29.0. The van der Waals surface area contributed by atoms with Crippen LogP contribution in [0.3, 0.4) is 0 Å². The van der Waals surface area contributed by atoms with Gasteiger partial charge in [-0.3, -0.25) is 14.2 Å². The first kappa shape index (κ1) is 19.7. The van der Waals surface area contributed by atoms with Crippen LogP contribution in [0.4, 0.5) is 13.2 Å². The minimum atomic E-state index is -4.47. The highest BCUT2D eigenvalue weighted by Gasteiger charge is 2.28. The minimum Gasteiger partial charge on any atom is -0.376 e. The monoisotopic (exact) mass is 401 g/mol. The highest BCUT2D eigenvalue weighted by atomic mass is 32.2. The molecule has 0 bridgehead atoms. The van der Waals surface area contributed by atoms with Crippen molar-refractivity contribution in [2.45, 2.75) is 36.8 Å². The Bertz CT molecular complexity index is 879. The number of amides is 1. The molecule has 10 heteroatoms. The fraction of sp³-hybridized carbons (Fsp3) is 0.471. The Morgan fingerprint density at radius 3 is 2.85 bits per heavy atom. The van der Waals surface area contributed by atoms with E-state index in [1.54, 1.807) is 24.3 Å². The molecular weight excluding hydrogens is 383 g/mol. The number of carbonyl (C=O) groups is 1. The first-order valence-corrected chi connectivity index (χ1v) is 9.39. The Balaban J connectivity index is 1.81. The van der Waals surface area contributed by atoms with Crippen LogP contribution >= 0.6 is 11.8 Å². The Morgan fingerprint density at radius 2 is 2.15 bits per heavy atom.